The van der Waals surface area contributed by atoms with Crippen LogP contribution in [0.25, 0.3) is 0 Å². The van der Waals surface area contributed by atoms with Gasteiger partial charge < -0.3 is 4.74 Å². The molecule has 0 saturated carbocycles. The number of likely N-dealkylation sites (tertiary alicyclic amines) is 1. The van der Waals surface area contributed by atoms with Gasteiger partial charge in [-0.15, -0.1) is 0 Å². The average Bonchev–Trinajstić information content (AvgIpc) is 2.46. The number of piperidine rings is 1. The highest BCUT2D eigenvalue weighted by Gasteiger charge is 2.40. The molecule has 0 amide bonds. The van der Waals surface area contributed by atoms with Crippen molar-refractivity contribution in [1.29, 1.82) is 0 Å². The molecule has 122 valence electrons. The topological polar surface area (TPSA) is 12.5 Å². The van der Waals surface area contributed by atoms with Gasteiger partial charge in [0.05, 0.1) is 5.56 Å². The standard InChI is InChI=1S/C16H20F3NOS/c17-16(18,19)13-1-3-14(4-2-13)21-10-9-20-7-5-15(6-8-20)11-22-12-15/h1-4H,5-12H2. The second-order valence-corrected chi connectivity index (χ2v) is 7.19. The zero-order valence-corrected chi connectivity index (χ0v) is 13.2. The molecule has 2 heterocycles. The lowest BCUT2D eigenvalue weighted by Crippen LogP contribution is -2.47. The van der Waals surface area contributed by atoms with E-state index in [9.17, 15) is 13.2 Å². The maximum absolute atomic E-state index is 12.5. The number of thioether (sulfide) groups is 1. The molecule has 2 aliphatic heterocycles. The molecule has 3 rings (SSSR count). The molecule has 0 unspecified atom stereocenters. The lowest BCUT2D eigenvalue weighted by Gasteiger charge is -2.47. The van der Waals surface area contributed by atoms with Crippen molar-refractivity contribution in [1.82, 2.24) is 4.90 Å². The first-order valence-electron chi connectivity index (χ1n) is 7.57. The number of alkyl halides is 3. The van der Waals surface area contributed by atoms with Crippen LogP contribution >= 0.6 is 11.8 Å². The molecule has 1 aromatic carbocycles. The summed E-state index contributed by atoms with van der Waals surface area (Å²) in [5, 5.41) is 0. The molecule has 1 aromatic rings. The number of nitrogens with zero attached hydrogens (tertiary/aromatic N) is 1. The summed E-state index contributed by atoms with van der Waals surface area (Å²) in [4.78, 5) is 2.39. The van der Waals surface area contributed by atoms with Gasteiger partial charge >= 0.3 is 6.18 Å². The Balaban J connectivity index is 1.40. The molecule has 0 aliphatic carbocycles. The smallest absolute Gasteiger partial charge is 0.416 e. The van der Waals surface area contributed by atoms with Gasteiger partial charge in [0.2, 0.25) is 0 Å². The van der Waals surface area contributed by atoms with Crippen LogP contribution in [0.3, 0.4) is 0 Å². The summed E-state index contributed by atoms with van der Waals surface area (Å²) in [7, 11) is 0. The van der Waals surface area contributed by atoms with Crippen molar-refractivity contribution in [2.24, 2.45) is 5.41 Å². The van der Waals surface area contributed by atoms with Crippen molar-refractivity contribution in [3.8, 4) is 5.75 Å². The van der Waals surface area contributed by atoms with Crippen molar-refractivity contribution in [2.75, 3.05) is 37.7 Å². The van der Waals surface area contributed by atoms with Gasteiger partial charge in [0.25, 0.3) is 0 Å². The zero-order valence-electron chi connectivity index (χ0n) is 12.4. The number of hydrogen-bond donors (Lipinski definition) is 0. The number of hydrogen-bond acceptors (Lipinski definition) is 3. The summed E-state index contributed by atoms with van der Waals surface area (Å²) in [6.45, 7) is 3.57. The van der Waals surface area contributed by atoms with Crippen LogP contribution in [0.4, 0.5) is 13.2 Å². The van der Waals surface area contributed by atoms with Crippen LogP contribution in [-0.2, 0) is 6.18 Å². The third-order valence-electron chi connectivity index (χ3n) is 4.59. The minimum Gasteiger partial charge on any atom is -0.492 e. The summed E-state index contributed by atoms with van der Waals surface area (Å²) < 4.78 is 42.9. The van der Waals surface area contributed by atoms with E-state index >= 15 is 0 Å². The van der Waals surface area contributed by atoms with Crippen LogP contribution in [0.15, 0.2) is 24.3 Å². The molecule has 2 saturated heterocycles. The Morgan fingerprint density at radius 2 is 1.73 bits per heavy atom. The number of benzene rings is 1. The summed E-state index contributed by atoms with van der Waals surface area (Å²) in [6.07, 6.45) is -1.76. The monoisotopic (exact) mass is 331 g/mol. The lowest BCUT2D eigenvalue weighted by atomic mass is 9.81. The van der Waals surface area contributed by atoms with Crippen LogP contribution in [0, 0.1) is 5.41 Å². The molecule has 0 atom stereocenters. The predicted molar refractivity (Wildman–Crippen MR) is 82.4 cm³/mol. The molecule has 2 aliphatic rings. The van der Waals surface area contributed by atoms with Crippen molar-refractivity contribution in [3.63, 3.8) is 0 Å². The van der Waals surface area contributed by atoms with Gasteiger partial charge in [-0.05, 0) is 67.1 Å². The van der Waals surface area contributed by atoms with Crippen LogP contribution in [0.2, 0.25) is 0 Å². The molecule has 0 N–H and O–H groups in total. The highest BCUT2D eigenvalue weighted by Crippen LogP contribution is 2.45. The first-order valence-corrected chi connectivity index (χ1v) is 8.73. The first-order chi connectivity index (χ1) is 10.5. The Morgan fingerprint density at radius 3 is 2.23 bits per heavy atom. The van der Waals surface area contributed by atoms with Crippen LogP contribution < -0.4 is 4.74 Å². The minimum atomic E-state index is -4.29. The van der Waals surface area contributed by atoms with Crippen molar-refractivity contribution < 1.29 is 17.9 Å². The van der Waals surface area contributed by atoms with E-state index in [2.05, 4.69) is 4.90 Å². The maximum atomic E-state index is 12.5. The largest absolute Gasteiger partial charge is 0.492 e. The van der Waals surface area contributed by atoms with E-state index < -0.39 is 11.7 Å². The lowest BCUT2D eigenvalue weighted by molar-refractivity contribution is -0.137. The van der Waals surface area contributed by atoms with Crippen molar-refractivity contribution in [2.45, 2.75) is 19.0 Å². The van der Waals surface area contributed by atoms with E-state index in [1.54, 1.807) is 0 Å². The van der Waals surface area contributed by atoms with Crippen LogP contribution in [-0.4, -0.2) is 42.6 Å². The molecular formula is C16H20F3NOS. The highest BCUT2D eigenvalue weighted by molar-refractivity contribution is 8.00. The van der Waals surface area contributed by atoms with Crippen LogP contribution in [0.5, 0.6) is 5.75 Å². The Morgan fingerprint density at radius 1 is 1.09 bits per heavy atom. The number of rotatable bonds is 4. The molecule has 1 spiro atoms. The van der Waals surface area contributed by atoms with Crippen molar-refractivity contribution in [3.05, 3.63) is 29.8 Å². The molecule has 2 fully saturated rings. The van der Waals surface area contributed by atoms with E-state index in [1.165, 1.54) is 36.5 Å². The van der Waals surface area contributed by atoms with E-state index in [0.717, 1.165) is 31.8 Å². The molecular weight excluding hydrogens is 311 g/mol. The highest BCUT2D eigenvalue weighted by atomic mass is 32.2. The second kappa shape index (κ2) is 6.32. The van der Waals surface area contributed by atoms with E-state index in [4.69, 9.17) is 4.74 Å². The molecule has 0 radical (unpaired) electrons. The quantitative estimate of drug-likeness (QED) is 0.830. The minimum absolute atomic E-state index is 0.497. The van der Waals surface area contributed by atoms with Gasteiger partial charge in [-0.3, -0.25) is 4.90 Å². The Kier molecular flexibility index (Phi) is 4.59. The molecule has 0 bridgehead atoms. The molecule has 2 nitrogen and oxygen atoms in total. The van der Waals surface area contributed by atoms with Gasteiger partial charge in [-0.1, -0.05) is 0 Å². The van der Waals surface area contributed by atoms with Crippen molar-refractivity contribution >= 4 is 11.8 Å². The summed E-state index contributed by atoms with van der Waals surface area (Å²) in [5.74, 6) is 3.11. The number of ether oxygens (including phenoxy) is 1. The fraction of sp³-hybridized carbons (Fsp3) is 0.625. The summed E-state index contributed by atoms with van der Waals surface area (Å²) >= 11 is 2.04. The zero-order chi connectivity index (χ0) is 15.6. The SMILES string of the molecule is FC(F)(F)c1ccc(OCCN2CCC3(CC2)CSC3)cc1. The second-order valence-electron chi connectivity index (χ2n) is 6.21. The Hall–Kier alpha value is -0.880. The van der Waals surface area contributed by atoms with Gasteiger partial charge in [-0.2, -0.15) is 24.9 Å². The van der Waals surface area contributed by atoms with Gasteiger partial charge in [0, 0.05) is 6.54 Å². The number of halogens is 3. The normalized spacial score (nSPS) is 21.6. The van der Waals surface area contributed by atoms with Crippen LogP contribution in [0.1, 0.15) is 18.4 Å². The Bertz CT molecular complexity index is 489. The molecule has 0 aromatic heterocycles. The third kappa shape index (κ3) is 3.71. The van der Waals surface area contributed by atoms with E-state index in [1.807, 2.05) is 11.8 Å². The Labute approximate surface area is 133 Å². The molecule has 22 heavy (non-hydrogen) atoms. The maximum Gasteiger partial charge on any atom is 0.416 e. The van der Waals surface area contributed by atoms with E-state index in [-0.39, 0.29) is 0 Å². The fourth-order valence-corrected chi connectivity index (χ4v) is 4.32. The molecule has 6 heteroatoms. The fourth-order valence-electron chi connectivity index (χ4n) is 2.96. The first kappa shape index (κ1) is 16.0. The van der Waals surface area contributed by atoms with Gasteiger partial charge in [-0.25, -0.2) is 0 Å². The van der Waals surface area contributed by atoms with Gasteiger partial charge in [0.1, 0.15) is 12.4 Å². The van der Waals surface area contributed by atoms with E-state index in [0.29, 0.717) is 17.8 Å². The average molecular weight is 331 g/mol. The van der Waals surface area contributed by atoms with Gasteiger partial charge in [0.15, 0.2) is 0 Å². The summed E-state index contributed by atoms with van der Waals surface area (Å²) in [5.41, 5.74) is -0.0327. The predicted octanol–water partition coefficient (Wildman–Crippen LogP) is 3.91. The summed E-state index contributed by atoms with van der Waals surface area (Å²) in [6, 6.07) is 4.90. The third-order valence-corrected chi connectivity index (χ3v) is 6.22.